The van der Waals surface area contributed by atoms with Crippen molar-refractivity contribution in [3.8, 4) is 0 Å². The number of benzene rings is 2. The van der Waals surface area contributed by atoms with Crippen LogP contribution in [0.4, 0.5) is 10.1 Å². The molecule has 7 N–H and O–H groups in total. The summed E-state index contributed by atoms with van der Waals surface area (Å²) in [5.41, 5.74) is 3.12. The lowest BCUT2D eigenvalue weighted by atomic mass is 10.1. The molecule has 0 radical (unpaired) electrons. The van der Waals surface area contributed by atoms with Crippen molar-refractivity contribution in [2.75, 3.05) is 6.61 Å². The largest absolute Gasteiger partial charge is 0.396 e. The molecular formula is C20H23ClFN5O4. The number of nitrogens with one attached hydrogen (secondary N) is 3. The Morgan fingerprint density at radius 1 is 1.23 bits per heavy atom. The minimum atomic E-state index is -1.81. The Morgan fingerprint density at radius 3 is 2.65 bits per heavy atom. The highest BCUT2D eigenvalue weighted by atomic mass is 35.5. The van der Waals surface area contributed by atoms with Gasteiger partial charge in [-0.3, -0.25) is 9.59 Å². The van der Waals surface area contributed by atoms with Gasteiger partial charge in [0.05, 0.1) is 5.69 Å². The van der Waals surface area contributed by atoms with Crippen LogP contribution in [0.1, 0.15) is 23.7 Å². The predicted octanol–water partition coefficient (Wildman–Crippen LogP) is 0.819. The molecule has 0 bridgehead atoms. The van der Waals surface area contributed by atoms with E-state index in [0.29, 0.717) is 16.3 Å². The molecule has 0 saturated carbocycles. The highest BCUT2D eigenvalue weighted by molar-refractivity contribution is 6.30. The van der Waals surface area contributed by atoms with Gasteiger partial charge in [-0.05, 0) is 36.2 Å². The summed E-state index contributed by atoms with van der Waals surface area (Å²) >= 11 is 6.00. The lowest BCUT2D eigenvalue weighted by molar-refractivity contribution is -0.134. The number of hydrogen-bond donors (Lipinski definition) is 6. The van der Waals surface area contributed by atoms with Crippen LogP contribution in [0, 0.1) is 5.82 Å². The van der Waals surface area contributed by atoms with Crippen LogP contribution in [0.2, 0.25) is 5.02 Å². The van der Waals surface area contributed by atoms with E-state index >= 15 is 0 Å². The minimum absolute atomic E-state index is 0.0182. The Hall–Kier alpha value is -3.05. The molecule has 2 aromatic carbocycles. The Kier molecular flexibility index (Phi) is 9.35. The maximum atomic E-state index is 13.8. The Morgan fingerprint density at radius 2 is 1.97 bits per heavy atom. The molecular weight excluding hydrogens is 429 g/mol. The van der Waals surface area contributed by atoms with E-state index in [1.807, 2.05) is 0 Å². The Balaban J connectivity index is 2.07. The summed E-state index contributed by atoms with van der Waals surface area (Å²) in [4.78, 5) is 29.0. The molecule has 9 nitrogen and oxygen atoms in total. The third-order valence-corrected chi connectivity index (χ3v) is 4.51. The van der Waals surface area contributed by atoms with E-state index in [1.165, 1.54) is 24.5 Å². The molecule has 0 saturated heterocycles. The van der Waals surface area contributed by atoms with Gasteiger partial charge in [-0.1, -0.05) is 29.8 Å². The molecule has 0 aliphatic heterocycles. The second kappa shape index (κ2) is 12.0. The van der Waals surface area contributed by atoms with E-state index in [0.717, 1.165) is 6.07 Å². The summed E-state index contributed by atoms with van der Waals surface area (Å²) in [6, 6.07) is 8.96. The number of nitrogens with two attached hydrogens (primary N) is 1. The quantitative estimate of drug-likeness (QED) is 0.136. The van der Waals surface area contributed by atoms with Crippen molar-refractivity contribution in [3.63, 3.8) is 0 Å². The van der Waals surface area contributed by atoms with Crippen molar-refractivity contribution >= 4 is 35.4 Å². The second-order valence-electron chi connectivity index (χ2n) is 6.41. The molecule has 2 atom stereocenters. The summed E-state index contributed by atoms with van der Waals surface area (Å²) < 4.78 is 13.8. The van der Waals surface area contributed by atoms with Gasteiger partial charge in [0.1, 0.15) is 18.2 Å². The highest BCUT2D eigenvalue weighted by Gasteiger charge is 2.26. The second-order valence-corrected chi connectivity index (χ2v) is 6.85. The van der Waals surface area contributed by atoms with Gasteiger partial charge in [-0.2, -0.15) is 0 Å². The number of halogens is 2. The fraction of sp³-hybridized carbons (Fsp3) is 0.250. The monoisotopic (exact) mass is 451 g/mol. The zero-order valence-electron chi connectivity index (χ0n) is 16.4. The summed E-state index contributed by atoms with van der Waals surface area (Å²) in [5, 5.41) is 24.8. The molecule has 2 rings (SSSR count). The average Bonchev–Trinajstić information content (AvgIpc) is 2.76. The maximum Gasteiger partial charge on any atom is 0.254 e. The van der Waals surface area contributed by atoms with Crippen LogP contribution in [-0.2, 0) is 16.1 Å². The van der Waals surface area contributed by atoms with Crippen molar-refractivity contribution in [3.05, 3.63) is 64.4 Å². The van der Waals surface area contributed by atoms with Gasteiger partial charge in [0, 0.05) is 23.7 Å². The molecule has 166 valence electrons. The van der Waals surface area contributed by atoms with Crippen LogP contribution in [0.25, 0.3) is 0 Å². The van der Waals surface area contributed by atoms with E-state index in [1.54, 1.807) is 18.2 Å². The number of aliphatic hydroxyl groups excluding tert-OH is 2. The van der Waals surface area contributed by atoms with E-state index in [9.17, 15) is 24.2 Å². The van der Waals surface area contributed by atoms with Crippen LogP contribution in [-0.4, -0.2) is 41.0 Å². The lowest BCUT2D eigenvalue weighted by Crippen LogP contribution is -2.48. The first kappa shape index (κ1) is 24.2. The first-order valence-electron chi connectivity index (χ1n) is 9.26. The minimum Gasteiger partial charge on any atom is -0.396 e. The molecule has 0 fully saturated rings. The molecule has 0 spiro atoms. The molecule has 31 heavy (non-hydrogen) atoms. The van der Waals surface area contributed by atoms with Crippen molar-refractivity contribution < 1.29 is 24.2 Å². The summed E-state index contributed by atoms with van der Waals surface area (Å²) in [7, 11) is 0. The van der Waals surface area contributed by atoms with Gasteiger partial charge in [0.2, 0.25) is 5.91 Å². The van der Waals surface area contributed by atoms with Crippen LogP contribution < -0.4 is 21.9 Å². The maximum absolute atomic E-state index is 13.8. The van der Waals surface area contributed by atoms with Crippen molar-refractivity contribution in [1.29, 1.82) is 0 Å². The topological polar surface area (TPSA) is 149 Å². The molecule has 0 aliphatic carbocycles. The standard InChI is InChI=1S/C20H23ClFN5O4/c21-13-5-6-16(25-11-26-23)12(9-13)10-24-19(30)17(7-8-28)27-20(31)18(29)14-3-1-2-4-15(14)22/h1-6,9,11,17-18,28-29H,7-8,10,23H2,(H,24,30)(H,25,26)(H,27,31). The van der Waals surface area contributed by atoms with Gasteiger partial charge >= 0.3 is 0 Å². The van der Waals surface area contributed by atoms with Crippen molar-refractivity contribution in [2.45, 2.75) is 25.1 Å². The van der Waals surface area contributed by atoms with Crippen LogP contribution >= 0.6 is 11.6 Å². The molecule has 11 heteroatoms. The predicted molar refractivity (Wildman–Crippen MR) is 114 cm³/mol. The molecule has 2 aromatic rings. The fourth-order valence-electron chi connectivity index (χ4n) is 2.72. The van der Waals surface area contributed by atoms with Gasteiger partial charge < -0.3 is 26.3 Å². The number of aliphatic imine (C=N–C) groups is 1. The van der Waals surface area contributed by atoms with Crippen molar-refractivity contribution in [2.24, 2.45) is 10.8 Å². The molecule has 0 heterocycles. The number of amides is 2. The molecule has 0 aromatic heterocycles. The first-order valence-corrected chi connectivity index (χ1v) is 9.63. The van der Waals surface area contributed by atoms with Gasteiger partial charge in [0.25, 0.3) is 5.91 Å². The Labute approximate surface area is 183 Å². The lowest BCUT2D eigenvalue weighted by Gasteiger charge is -2.20. The number of aliphatic hydroxyl groups is 2. The zero-order chi connectivity index (χ0) is 22.8. The molecule has 2 unspecified atom stereocenters. The molecule has 2 amide bonds. The fourth-order valence-corrected chi connectivity index (χ4v) is 2.92. The normalized spacial score (nSPS) is 12.9. The van der Waals surface area contributed by atoms with Crippen LogP contribution in [0.15, 0.2) is 47.5 Å². The SMILES string of the molecule is NNC=Nc1ccc(Cl)cc1CNC(=O)C(CCO)NC(=O)C(O)c1ccccc1F. The van der Waals surface area contributed by atoms with Gasteiger partial charge in [0.15, 0.2) is 6.10 Å². The van der Waals surface area contributed by atoms with Gasteiger partial charge in [-0.15, -0.1) is 0 Å². The van der Waals surface area contributed by atoms with Gasteiger partial charge in [-0.25, -0.2) is 15.2 Å². The Bertz CT molecular complexity index is 944. The summed E-state index contributed by atoms with van der Waals surface area (Å²) in [6.07, 6.45) is -0.667. The summed E-state index contributed by atoms with van der Waals surface area (Å²) in [5.74, 6) is 2.83. The highest BCUT2D eigenvalue weighted by Crippen LogP contribution is 2.23. The first-order chi connectivity index (χ1) is 14.9. The number of rotatable bonds is 10. The third-order valence-electron chi connectivity index (χ3n) is 4.27. The smallest absolute Gasteiger partial charge is 0.254 e. The van der Waals surface area contributed by atoms with E-state index in [2.05, 4.69) is 21.1 Å². The van der Waals surface area contributed by atoms with Crippen LogP contribution in [0.5, 0.6) is 0 Å². The summed E-state index contributed by atoms with van der Waals surface area (Å²) in [6.45, 7) is -0.382. The van der Waals surface area contributed by atoms with Crippen molar-refractivity contribution in [1.82, 2.24) is 16.1 Å². The van der Waals surface area contributed by atoms with Crippen LogP contribution in [0.3, 0.4) is 0 Å². The number of nitrogens with zero attached hydrogens (tertiary/aromatic N) is 1. The van der Waals surface area contributed by atoms with E-state index in [-0.39, 0.29) is 18.5 Å². The zero-order valence-corrected chi connectivity index (χ0v) is 17.1. The average molecular weight is 452 g/mol. The number of hydrazine groups is 1. The number of carbonyl (C=O) groups excluding carboxylic acids is 2. The van der Waals surface area contributed by atoms with E-state index < -0.39 is 36.4 Å². The molecule has 0 aliphatic rings. The number of hydrogen-bond acceptors (Lipinski definition) is 6. The number of carbonyl (C=O) groups is 2. The third kappa shape index (κ3) is 7.00. The van der Waals surface area contributed by atoms with E-state index in [4.69, 9.17) is 17.4 Å².